The number of aromatic nitrogens is 1. The van der Waals surface area contributed by atoms with Crippen LogP contribution in [0.3, 0.4) is 0 Å². The molecule has 100 valence electrons. The number of aliphatic hydroxyl groups is 1. The molecule has 0 radical (unpaired) electrons. The lowest BCUT2D eigenvalue weighted by molar-refractivity contribution is 0.112. The Bertz CT molecular complexity index is 413. The summed E-state index contributed by atoms with van der Waals surface area (Å²) < 4.78 is 0. The lowest BCUT2D eigenvalue weighted by Crippen LogP contribution is -2.24. The lowest BCUT2D eigenvalue weighted by atomic mass is 9.93. The maximum absolute atomic E-state index is 10.7. The van der Waals surface area contributed by atoms with Gasteiger partial charge in [0.1, 0.15) is 0 Å². The van der Waals surface area contributed by atoms with Crippen LogP contribution < -0.4 is 0 Å². The fourth-order valence-electron chi connectivity index (χ4n) is 3.34. The molecule has 3 heteroatoms. The molecule has 1 aromatic heterocycles. The van der Waals surface area contributed by atoms with Gasteiger partial charge in [0.05, 0.1) is 11.8 Å². The molecule has 0 amide bonds. The predicted molar refractivity (Wildman–Crippen MR) is 79.8 cm³/mol. The summed E-state index contributed by atoms with van der Waals surface area (Å²) in [6.45, 7) is 9.20. The molecule has 0 aromatic carbocycles. The standard InChI is InChI=1S/C15H25NOP/c1-11-12(8-6-10-16-11)15(17)13-7-5-9-14(13)18(2,3)4/h6,8,10,13-15,17H,5,7,9H2,1-4H3/q+1/t13?,14?,15-/m1/s1. The van der Waals surface area contributed by atoms with E-state index in [9.17, 15) is 5.11 Å². The van der Waals surface area contributed by atoms with Gasteiger partial charge in [0, 0.05) is 50.6 Å². The second-order valence-corrected chi connectivity index (χ2v) is 11.3. The number of nitrogens with zero attached hydrogens (tertiary/aromatic N) is 1. The molecule has 2 rings (SSSR count). The zero-order valence-corrected chi connectivity index (χ0v) is 12.8. The third-order valence-electron chi connectivity index (χ3n) is 4.30. The average Bonchev–Trinajstić information content (AvgIpc) is 2.77. The fraction of sp³-hybridized carbons (Fsp3) is 0.667. The van der Waals surface area contributed by atoms with Gasteiger partial charge in [-0.25, -0.2) is 0 Å². The van der Waals surface area contributed by atoms with Crippen LogP contribution in [0.15, 0.2) is 18.3 Å². The Morgan fingerprint density at radius 3 is 2.67 bits per heavy atom. The van der Waals surface area contributed by atoms with E-state index >= 15 is 0 Å². The Hall–Kier alpha value is -0.460. The number of aliphatic hydroxyl groups excluding tert-OH is 1. The molecule has 1 fully saturated rings. The monoisotopic (exact) mass is 266 g/mol. The Balaban J connectivity index is 2.23. The van der Waals surface area contributed by atoms with E-state index in [1.165, 1.54) is 12.8 Å². The molecular formula is C15H25NOP+. The molecule has 2 nitrogen and oxygen atoms in total. The summed E-state index contributed by atoms with van der Waals surface area (Å²) in [5.74, 6) is 0.432. The van der Waals surface area contributed by atoms with Crippen molar-refractivity contribution in [3.63, 3.8) is 0 Å². The summed E-state index contributed by atoms with van der Waals surface area (Å²) in [4.78, 5) is 4.31. The van der Waals surface area contributed by atoms with Crippen molar-refractivity contribution in [1.82, 2.24) is 4.98 Å². The lowest BCUT2D eigenvalue weighted by Gasteiger charge is -2.30. The molecule has 3 atom stereocenters. The van der Waals surface area contributed by atoms with Crippen molar-refractivity contribution in [2.24, 2.45) is 5.92 Å². The first kappa shape index (κ1) is 14.0. The van der Waals surface area contributed by atoms with Crippen LogP contribution in [-0.2, 0) is 0 Å². The molecule has 1 N–H and O–H groups in total. The number of pyridine rings is 1. The molecule has 0 saturated heterocycles. The van der Waals surface area contributed by atoms with Crippen LogP contribution in [0.5, 0.6) is 0 Å². The summed E-state index contributed by atoms with van der Waals surface area (Å²) in [7, 11) is -0.889. The van der Waals surface area contributed by atoms with Gasteiger partial charge in [0.25, 0.3) is 0 Å². The van der Waals surface area contributed by atoms with E-state index < -0.39 is 7.26 Å². The van der Waals surface area contributed by atoms with Crippen LogP contribution in [0.4, 0.5) is 0 Å². The zero-order chi connectivity index (χ0) is 13.3. The summed E-state index contributed by atoms with van der Waals surface area (Å²) >= 11 is 0. The van der Waals surface area contributed by atoms with Crippen molar-refractivity contribution in [2.45, 2.75) is 37.9 Å². The van der Waals surface area contributed by atoms with E-state index in [0.29, 0.717) is 11.6 Å². The summed E-state index contributed by atoms with van der Waals surface area (Å²) in [6.07, 6.45) is 5.19. The quantitative estimate of drug-likeness (QED) is 0.849. The topological polar surface area (TPSA) is 33.1 Å². The molecule has 2 unspecified atom stereocenters. The van der Waals surface area contributed by atoms with Gasteiger partial charge in [-0.2, -0.15) is 0 Å². The number of hydrogen-bond donors (Lipinski definition) is 1. The van der Waals surface area contributed by atoms with Gasteiger partial charge in [-0.05, 0) is 32.3 Å². The zero-order valence-electron chi connectivity index (χ0n) is 11.9. The third kappa shape index (κ3) is 2.75. The molecule has 0 bridgehead atoms. The van der Waals surface area contributed by atoms with E-state index in [-0.39, 0.29) is 6.10 Å². The largest absolute Gasteiger partial charge is 0.388 e. The summed E-state index contributed by atoms with van der Waals surface area (Å²) in [5, 5.41) is 10.7. The fourth-order valence-corrected chi connectivity index (χ4v) is 5.76. The predicted octanol–water partition coefficient (Wildman–Crippen LogP) is 3.50. The highest BCUT2D eigenvalue weighted by atomic mass is 31.2. The van der Waals surface area contributed by atoms with Crippen molar-refractivity contribution in [3.05, 3.63) is 29.6 Å². The highest BCUT2D eigenvalue weighted by Gasteiger charge is 2.44. The maximum atomic E-state index is 10.7. The third-order valence-corrected chi connectivity index (χ3v) is 6.93. The molecule has 0 aliphatic heterocycles. The number of hydrogen-bond acceptors (Lipinski definition) is 2. The number of rotatable bonds is 3. The van der Waals surface area contributed by atoms with E-state index in [4.69, 9.17) is 0 Å². The smallest absolute Gasteiger partial charge is 0.0873 e. The maximum Gasteiger partial charge on any atom is 0.0873 e. The van der Waals surface area contributed by atoms with Gasteiger partial charge in [0.15, 0.2) is 0 Å². The highest BCUT2D eigenvalue weighted by molar-refractivity contribution is 7.74. The van der Waals surface area contributed by atoms with Gasteiger partial charge in [-0.3, -0.25) is 4.98 Å². The second-order valence-electron chi connectivity index (χ2n) is 6.40. The average molecular weight is 266 g/mol. The van der Waals surface area contributed by atoms with Crippen LogP contribution in [0.1, 0.15) is 36.6 Å². The van der Waals surface area contributed by atoms with Gasteiger partial charge in [-0.1, -0.05) is 6.07 Å². The van der Waals surface area contributed by atoms with Crippen LogP contribution >= 0.6 is 7.26 Å². The molecule has 0 spiro atoms. The molecular weight excluding hydrogens is 241 g/mol. The Kier molecular flexibility index (Phi) is 4.08. The van der Waals surface area contributed by atoms with Crippen LogP contribution in [-0.4, -0.2) is 35.7 Å². The summed E-state index contributed by atoms with van der Waals surface area (Å²) in [5.41, 5.74) is 2.72. The van der Waals surface area contributed by atoms with Crippen LogP contribution in [0.25, 0.3) is 0 Å². The van der Waals surface area contributed by atoms with Gasteiger partial charge >= 0.3 is 0 Å². The first-order valence-electron chi connectivity index (χ1n) is 6.82. The minimum Gasteiger partial charge on any atom is -0.388 e. The molecule has 18 heavy (non-hydrogen) atoms. The van der Waals surface area contributed by atoms with Gasteiger partial charge < -0.3 is 5.11 Å². The van der Waals surface area contributed by atoms with E-state index in [2.05, 4.69) is 25.0 Å². The molecule has 1 saturated carbocycles. The highest BCUT2D eigenvalue weighted by Crippen LogP contribution is 2.61. The van der Waals surface area contributed by atoms with E-state index in [1.54, 1.807) is 6.20 Å². The first-order chi connectivity index (χ1) is 8.41. The SMILES string of the molecule is Cc1ncccc1[C@@H](O)C1CCCC1[P+](C)(C)C. The molecule has 1 heterocycles. The van der Waals surface area contributed by atoms with Crippen molar-refractivity contribution >= 4 is 7.26 Å². The Morgan fingerprint density at radius 1 is 1.33 bits per heavy atom. The Labute approximate surface area is 111 Å². The molecule has 1 aromatic rings. The van der Waals surface area contributed by atoms with Gasteiger partial charge in [-0.15, -0.1) is 0 Å². The van der Waals surface area contributed by atoms with Crippen LogP contribution in [0.2, 0.25) is 0 Å². The van der Waals surface area contributed by atoms with Crippen molar-refractivity contribution in [3.8, 4) is 0 Å². The normalized spacial score (nSPS) is 26.3. The minimum atomic E-state index is -0.889. The first-order valence-corrected chi connectivity index (χ1v) is 10.0. The second kappa shape index (κ2) is 5.27. The van der Waals surface area contributed by atoms with Crippen molar-refractivity contribution in [2.75, 3.05) is 20.0 Å². The van der Waals surface area contributed by atoms with Gasteiger partial charge in [0.2, 0.25) is 0 Å². The van der Waals surface area contributed by atoms with Crippen LogP contribution in [0, 0.1) is 12.8 Å². The van der Waals surface area contributed by atoms with E-state index in [0.717, 1.165) is 17.7 Å². The van der Waals surface area contributed by atoms with E-state index in [1.807, 2.05) is 19.1 Å². The summed E-state index contributed by atoms with van der Waals surface area (Å²) in [6, 6.07) is 3.96. The number of aryl methyl sites for hydroxylation is 1. The van der Waals surface area contributed by atoms with Crippen molar-refractivity contribution in [1.29, 1.82) is 0 Å². The minimum absolute atomic E-state index is 0.328. The molecule has 1 aliphatic carbocycles. The molecule has 1 aliphatic rings. The Morgan fingerprint density at radius 2 is 2.06 bits per heavy atom. The van der Waals surface area contributed by atoms with Crippen molar-refractivity contribution < 1.29 is 5.11 Å².